The van der Waals surface area contributed by atoms with Gasteiger partial charge in [-0.05, 0) is 30.7 Å². The summed E-state index contributed by atoms with van der Waals surface area (Å²) in [5.41, 5.74) is 1.94. The first-order valence-electron chi connectivity index (χ1n) is 7.78. The molecule has 2 aromatic carbocycles. The number of carbonyl (C=O) groups is 2. The summed E-state index contributed by atoms with van der Waals surface area (Å²) in [6.45, 7) is 2.91. The third-order valence-corrected chi connectivity index (χ3v) is 4.16. The number of benzene rings is 2. The second-order valence-corrected chi connectivity index (χ2v) is 5.99. The third-order valence-electron chi connectivity index (χ3n) is 3.75. The lowest BCUT2D eigenvalue weighted by Crippen LogP contribution is -2.37. The zero-order valence-corrected chi connectivity index (χ0v) is 15.4. The van der Waals surface area contributed by atoms with Crippen LogP contribution in [0.3, 0.4) is 0 Å². The van der Waals surface area contributed by atoms with Gasteiger partial charge >= 0.3 is 0 Å². The van der Waals surface area contributed by atoms with Crippen LogP contribution in [0.1, 0.15) is 18.1 Å². The second kappa shape index (κ2) is 8.37. The molecule has 1 N–H and O–H groups in total. The van der Waals surface area contributed by atoms with Crippen molar-refractivity contribution in [3.63, 3.8) is 0 Å². The van der Waals surface area contributed by atoms with E-state index in [2.05, 4.69) is 5.32 Å². The molecule has 2 amide bonds. The number of hydrogen-bond donors (Lipinski definition) is 1. The molecule has 2 aromatic rings. The molecule has 0 aliphatic carbocycles. The fourth-order valence-electron chi connectivity index (χ4n) is 2.43. The predicted octanol–water partition coefficient (Wildman–Crippen LogP) is 3.52. The normalized spacial score (nSPS) is 9.96. The Morgan fingerprint density at radius 1 is 1.31 bits per heavy atom. The molecular weight excluding hydrogens is 354 g/mol. The van der Waals surface area contributed by atoms with Crippen LogP contribution in [0.25, 0.3) is 0 Å². The molecule has 0 aromatic heterocycles. The maximum Gasteiger partial charge on any atom is 0.244 e. The highest BCUT2D eigenvalue weighted by atomic mass is 35.5. The number of para-hydroxylation sites is 1. The van der Waals surface area contributed by atoms with Gasteiger partial charge in [-0.25, -0.2) is 0 Å². The average molecular weight is 372 g/mol. The fourth-order valence-corrected chi connectivity index (χ4v) is 2.59. The van der Waals surface area contributed by atoms with Crippen molar-refractivity contribution in [3.05, 3.63) is 52.5 Å². The first kappa shape index (κ1) is 19.3. The number of ether oxygens (including phenoxy) is 1. The molecule has 134 valence electrons. The topological polar surface area (TPSA) is 82.4 Å². The third kappa shape index (κ3) is 4.32. The largest absolute Gasteiger partial charge is 0.495 e. The molecule has 0 aliphatic rings. The van der Waals surface area contributed by atoms with Crippen LogP contribution in [-0.2, 0) is 9.59 Å². The van der Waals surface area contributed by atoms with Gasteiger partial charge in [0.05, 0.1) is 24.0 Å². The van der Waals surface area contributed by atoms with Crippen LogP contribution >= 0.6 is 11.6 Å². The molecule has 0 heterocycles. The van der Waals surface area contributed by atoms with Gasteiger partial charge in [-0.2, -0.15) is 5.26 Å². The lowest BCUT2D eigenvalue weighted by molar-refractivity contribution is -0.120. The van der Waals surface area contributed by atoms with Crippen molar-refractivity contribution in [2.75, 3.05) is 23.9 Å². The van der Waals surface area contributed by atoms with Crippen LogP contribution in [-0.4, -0.2) is 25.5 Å². The number of nitrogens with one attached hydrogen (secondary N) is 1. The smallest absolute Gasteiger partial charge is 0.244 e. The summed E-state index contributed by atoms with van der Waals surface area (Å²) in [4.78, 5) is 25.8. The van der Waals surface area contributed by atoms with Crippen molar-refractivity contribution < 1.29 is 14.3 Å². The Labute approximate surface area is 156 Å². The maximum atomic E-state index is 12.5. The Bertz CT molecular complexity index is 890. The van der Waals surface area contributed by atoms with Crippen LogP contribution in [0, 0.1) is 18.3 Å². The van der Waals surface area contributed by atoms with Crippen molar-refractivity contribution in [1.82, 2.24) is 0 Å². The number of carbonyl (C=O) groups excluding carboxylic acids is 2. The van der Waals surface area contributed by atoms with Crippen molar-refractivity contribution in [2.24, 2.45) is 0 Å². The number of rotatable bonds is 5. The van der Waals surface area contributed by atoms with E-state index in [0.717, 1.165) is 5.56 Å². The van der Waals surface area contributed by atoms with Crippen LogP contribution in [0.2, 0.25) is 5.02 Å². The number of anilines is 2. The van der Waals surface area contributed by atoms with E-state index in [1.165, 1.54) is 18.9 Å². The molecule has 0 saturated heterocycles. The molecular formula is C19H18ClN3O3. The van der Waals surface area contributed by atoms with E-state index >= 15 is 0 Å². The summed E-state index contributed by atoms with van der Waals surface area (Å²) in [6.07, 6.45) is 0. The Morgan fingerprint density at radius 2 is 2.00 bits per heavy atom. The van der Waals surface area contributed by atoms with Gasteiger partial charge in [-0.1, -0.05) is 23.7 Å². The lowest BCUT2D eigenvalue weighted by Gasteiger charge is -2.22. The van der Waals surface area contributed by atoms with Gasteiger partial charge in [0.25, 0.3) is 0 Å². The molecule has 0 spiro atoms. The van der Waals surface area contributed by atoms with Crippen LogP contribution in [0.5, 0.6) is 5.75 Å². The minimum atomic E-state index is -0.423. The Hall–Kier alpha value is -3.04. The molecule has 7 heteroatoms. The second-order valence-electron chi connectivity index (χ2n) is 5.58. The highest BCUT2D eigenvalue weighted by Crippen LogP contribution is 2.31. The van der Waals surface area contributed by atoms with E-state index in [1.807, 2.05) is 13.0 Å². The lowest BCUT2D eigenvalue weighted by atomic mass is 10.1. The summed E-state index contributed by atoms with van der Waals surface area (Å²) in [7, 11) is 1.47. The molecule has 0 fully saturated rings. The van der Waals surface area contributed by atoms with Crippen molar-refractivity contribution >= 4 is 34.8 Å². The molecule has 26 heavy (non-hydrogen) atoms. The van der Waals surface area contributed by atoms with E-state index < -0.39 is 5.91 Å². The SMILES string of the molecule is COc1cc(Cl)c(C)cc1NC(=O)CN(C(C)=O)c1ccccc1C#N. The van der Waals surface area contributed by atoms with E-state index in [0.29, 0.717) is 27.7 Å². The van der Waals surface area contributed by atoms with Crippen molar-refractivity contribution in [3.8, 4) is 11.8 Å². The molecule has 0 aliphatic heterocycles. The Morgan fingerprint density at radius 3 is 2.62 bits per heavy atom. The number of aryl methyl sites for hydroxylation is 1. The van der Waals surface area contributed by atoms with Gasteiger partial charge < -0.3 is 15.0 Å². The summed E-state index contributed by atoms with van der Waals surface area (Å²) in [5.74, 6) is -0.351. The minimum Gasteiger partial charge on any atom is -0.495 e. The van der Waals surface area contributed by atoms with Crippen LogP contribution in [0.15, 0.2) is 36.4 Å². The number of amides is 2. The van der Waals surface area contributed by atoms with E-state index in [-0.39, 0.29) is 12.5 Å². The van der Waals surface area contributed by atoms with Gasteiger partial charge in [0.15, 0.2) is 0 Å². The van der Waals surface area contributed by atoms with Gasteiger partial charge in [-0.3, -0.25) is 9.59 Å². The van der Waals surface area contributed by atoms with Crippen molar-refractivity contribution in [2.45, 2.75) is 13.8 Å². The summed E-state index contributed by atoms with van der Waals surface area (Å²) in [5, 5.41) is 12.5. The minimum absolute atomic E-state index is 0.237. The monoisotopic (exact) mass is 371 g/mol. The first-order valence-corrected chi connectivity index (χ1v) is 8.16. The first-order chi connectivity index (χ1) is 12.4. The fraction of sp³-hybridized carbons (Fsp3) is 0.211. The number of methoxy groups -OCH3 is 1. The summed E-state index contributed by atoms with van der Waals surface area (Å²) >= 11 is 6.06. The Kier molecular flexibility index (Phi) is 6.21. The maximum absolute atomic E-state index is 12.5. The van der Waals surface area contributed by atoms with Gasteiger partial charge in [0, 0.05) is 18.0 Å². The standard InChI is InChI=1S/C19H18ClN3O3/c1-12-8-16(18(26-3)9-15(12)20)22-19(25)11-23(13(2)24)17-7-5-4-6-14(17)10-21/h4-9H,11H2,1-3H3,(H,22,25). The zero-order chi connectivity index (χ0) is 19.3. The summed E-state index contributed by atoms with van der Waals surface area (Å²) < 4.78 is 5.23. The highest BCUT2D eigenvalue weighted by molar-refractivity contribution is 6.31. The van der Waals surface area contributed by atoms with Crippen LogP contribution < -0.4 is 15.0 Å². The molecule has 0 saturated carbocycles. The average Bonchev–Trinajstić information content (AvgIpc) is 2.62. The number of nitriles is 1. The molecule has 2 rings (SSSR count). The molecule has 0 atom stereocenters. The zero-order valence-electron chi connectivity index (χ0n) is 14.7. The van der Waals surface area contributed by atoms with E-state index in [4.69, 9.17) is 16.3 Å². The molecule has 0 bridgehead atoms. The number of halogens is 1. The van der Waals surface area contributed by atoms with Gasteiger partial charge in [0.2, 0.25) is 11.8 Å². The molecule has 0 unspecified atom stereocenters. The van der Waals surface area contributed by atoms with Gasteiger partial charge in [-0.15, -0.1) is 0 Å². The van der Waals surface area contributed by atoms with Crippen LogP contribution in [0.4, 0.5) is 11.4 Å². The van der Waals surface area contributed by atoms with Crippen molar-refractivity contribution in [1.29, 1.82) is 5.26 Å². The molecule has 6 nitrogen and oxygen atoms in total. The van der Waals surface area contributed by atoms with E-state index in [9.17, 15) is 14.9 Å². The summed E-state index contributed by atoms with van der Waals surface area (Å²) in [6, 6.07) is 11.9. The predicted molar refractivity (Wildman–Crippen MR) is 101 cm³/mol. The van der Waals surface area contributed by atoms with Gasteiger partial charge in [0.1, 0.15) is 18.4 Å². The molecule has 0 radical (unpaired) electrons. The number of nitrogens with zero attached hydrogens (tertiary/aromatic N) is 2. The number of hydrogen-bond acceptors (Lipinski definition) is 4. The van der Waals surface area contributed by atoms with E-state index in [1.54, 1.807) is 36.4 Å². The quantitative estimate of drug-likeness (QED) is 0.871. The Balaban J connectivity index is 2.26. The highest BCUT2D eigenvalue weighted by Gasteiger charge is 2.19.